The molecule has 2 aromatic rings. The third-order valence-corrected chi connectivity index (χ3v) is 8.42. The highest BCUT2D eigenvalue weighted by molar-refractivity contribution is 5.91. The lowest BCUT2D eigenvalue weighted by atomic mass is 9.64. The summed E-state index contributed by atoms with van der Waals surface area (Å²) in [5.41, 5.74) is 7.48. The Morgan fingerprint density at radius 1 is 0.838 bits per heavy atom. The standard InChI is InChI=1S/C33H51N3O/c1-3-4-5-6-7-8-9-10-11-18-24-35(2)26-27-36-25-23-31(28-36)33(32(34)37,29-19-14-12-15-20-29)30-21-16-13-17-22-30/h12-17,19-22,31H,3-11,18,23-28H2,1-2H3,(H2,34,37). The topological polar surface area (TPSA) is 49.6 Å². The molecular formula is C33H51N3O. The first kappa shape index (κ1) is 29.4. The Kier molecular flexibility index (Phi) is 12.7. The summed E-state index contributed by atoms with van der Waals surface area (Å²) in [6.07, 6.45) is 14.8. The van der Waals surface area contributed by atoms with Gasteiger partial charge in [-0.15, -0.1) is 0 Å². The van der Waals surface area contributed by atoms with Crippen LogP contribution in [0.5, 0.6) is 0 Å². The number of hydrogen-bond acceptors (Lipinski definition) is 3. The summed E-state index contributed by atoms with van der Waals surface area (Å²) in [6.45, 7) is 7.50. The van der Waals surface area contributed by atoms with Crippen LogP contribution in [0.25, 0.3) is 0 Å². The molecule has 1 heterocycles. The summed E-state index contributed by atoms with van der Waals surface area (Å²) >= 11 is 0. The second-order valence-electron chi connectivity index (χ2n) is 11.2. The average Bonchev–Trinajstić information content (AvgIpc) is 3.39. The molecule has 1 atom stereocenters. The van der Waals surface area contributed by atoms with E-state index >= 15 is 0 Å². The Balaban J connectivity index is 1.45. The van der Waals surface area contributed by atoms with Crippen molar-refractivity contribution in [3.8, 4) is 0 Å². The highest BCUT2D eigenvalue weighted by atomic mass is 16.1. The van der Waals surface area contributed by atoms with Crippen molar-refractivity contribution in [3.63, 3.8) is 0 Å². The molecule has 0 radical (unpaired) electrons. The molecule has 4 nitrogen and oxygen atoms in total. The van der Waals surface area contributed by atoms with Gasteiger partial charge in [-0.1, -0.05) is 125 Å². The Hall–Kier alpha value is -2.17. The summed E-state index contributed by atoms with van der Waals surface area (Å²) in [6, 6.07) is 20.4. The molecule has 37 heavy (non-hydrogen) atoms. The van der Waals surface area contributed by atoms with Gasteiger partial charge in [0.15, 0.2) is 0 Å². The lowest BCUT2D eigenvalue weighted by Gasteiger charge is -2.37. The van der Waals surface area contributed by atoms with Crippen LogP contribution in [-0.2, 0) is 10.2 Å². The lowest BCUT2D eigenvalue weighted by Crippen LogP contribution is -2.49. The minimum Gasteiger partial charge on any atom is -0.369 e. The molecule has 1 fully saturated rings. The Labute approximate surface area is 226 Å². The second kappa shape index (κ2) is 15.9. The lowest BCUT2D eigenvalue weighted by molar-refractivity contribution is -0.123. The number of primary amides is 1. The van der Waals surface area contributed by atoms with Gasteiger partial charge < -0.3 is 15.5 Å². The van der Waals surface area contributed by atoms with Crippen LogP contribution in [0.4, 0.5) is 0 Å². The van der Waals surface area contributed by atoms with Crippen molar-refractivity contribution < 1.29 is 4.79 Å². The molecule has 0 aromatic heterocycles. The molecule has 0 bridgehead atoms. The molecule has 3 rings (SSSR count). The fourth-order valence-corrected chi connectivity index (χ4v) is 6.21. The Morgan fingerprint density at radius 3 is 1.86 bits per heavy atom. The SMILES string of the molecule is CCCCCCCCCCCCN(C)CCN1CCC(C(C(N)=O)(c2ccccc2)c2ccccc2)C1. The van der Waals surface area contributed by atoms with E-state index < -0.39 is 5.41 Å². The first-order chi connectivity index (χ1) is 18.1. The highest BCUT2D eigenvalue weighted by Gasteiger charge is 2.49. The van der Waals surface area contributed by atoms with Crippen molar-refractivity contribution in [2.45, 2.75) is 83.0 Å². The van der Waals surface area contributed by atoms with Crippen molar-refractivity contribution in [1.82, 2.24) is 9.80 Å². The van der Waals surface area contributed by atoms with Gasteiger partial charge in [0.2, 0.25) is 5.91 Å². The molecule has 1 unspecified atom stereocenters. The van der Waals surface area contributed by atoms with E-state index in [4.69, 9.17) is 5.73 Å². The van der Waals surface area contributed by atoms with E-state index in [1.165, 1.54) is 70.8 Å². The second-order valence-corrected chi connectivity index (χ2v) is 11.2. The van der Waals surface area contributed by atoms with Crippen molar-refractivity contribution in [3.05, 3.63) is 71.8 Å². The number of likely N-dealkylation sites (N-methyl/N-ethyl adjacent to an activating group) is 1. The first-order valence-electron chi connectivity index (χ1n) is 14.9. The van der Waals surface area contributed by atoms with Gasteiger partial charge in [-0.05, 0) is 50.0 Å². The maximum atomic E-state index is 13.2. The van der Waals surface area contributed by atoms with Gasteiger partial charge in [-0.25, -0.2) is 0 Å². The van der Waals surface area contributed by atoms with Crippen LogP contribution in [0.3, 0.4) is 0 Å². The quantitative estimate of drug-likeness (QED) is 0.231. The molecule has 1 amide bonds. The van der Waals surface area contributed by atoms with E-state index in [0.29, 0.717) is 0 Å². The van der Waals surface area contributed by atoms with Gasteiger partial charge in [0.1, 0.15) is 5.41 Å². The molecule has 204 valence electrons. The molecule has 1 aliphatic heterocycles. The van der Waals surface area contributed by atoms with E-state index in [9.17, 15) is 4.79 Å². The monoisotopic (exact) mass is 505 g/mol. The van der Waals surface area contributed by atoms with Gasteiger partial charge in [0.25, 0.3) is 0 Å². The molecule has 1 aliphatic rings. The number of carbonyl (C=O) groups excluding carboxylic acids is 1. The number of carbonyl (C=O) groups is 1. The molecule has 0 aliphatic carbocycles. The van der Waals surface area contributed by atoms with Crippen molar-refractivity contribution in [2.24, 2.45) is 11.7 Å². The van der Waals surface area contributed by atoms with Crippen LogP contribution in [-0.4, -0.2) is 55.5 Å². The maximum absolute atomic E-state index is 13.2. The highest BCUT2D eigenvalue weighted by Crippen LogP contribution is 2.43. The summed E-state index contributed by atoms with van der Waals surface area (Å²) in [5.74, 6) is -0.0723. The van der Waals surface area contributed by atoms with Crippen LogP contribution in [0.1, 0.15) is 88.7 Å². The van der Waals surface area contributed by atoms with Crippen molar-refractivity contribution in [2.75, 3.05) is 39.8 Å². The molecule has 1 saturated heterocycles. The van der Waals surface area contributed by atoms with Crippen molar-refractivity contribution in [1.29, 1.82) is 0 Å². The van der Waals surface area contributed by atoms with E-state index in [1.54, 1.807) is 0 Å². The van der Waals surface area contributed by atoms with Crippen LogP contribution in [0, 0.1) is 5.92 Å². The third-order valence-electron chi connectivity index (χ3n) is 8.42. The third kappa shape index (κ3) is 8.41. The van der Waals surface area contributed by atoms with E-state index in [0.717, 1.165) is 43.7 Å². The van der Waals surface area contributed by atoms with Crippen molar-refractivity contribution >= 4 is 5.91 Å². The molecular weight excluding hydrogens is 454 g/mol. The predicted molar refractivity (Wildman–Crippen MR) is 157 cm³/mol. The number of likely N-dealkylation sites (tertiary alicyclic amines) is 1. The van der Waals surface area contributed by atoms with Crippen LogP contribution < -0.4 is 5.73 Å². The summed E-state index contributed by atoms with van der Waals surface area (Å²) in [5, 5.41) is 0. The van der Waals surface area contributed by atoms with E-state index in [2.05, 4.69) is 48.0 Å². The summed E-state index contributed by atoms with van der Waals surface area (Å²) < 4.78 is 0. The summed E-state index contributed by atoms with van der Waals surface area (Å²) in [7, 11) is 2.25. The predicted octanol–water partition coefficient (Wildman–Crippen LogP) is 6.63. The number of benzene rings is 2. The summed E-state index contributed by atoms with van der Waals surface area (Å²) in [4.78, 5) is 18.3. The largest absolute Gasteiger partial charge is 0.369 e. The normalized spacial score (nSPS) is 16.5. The Bertz CT molecular complexity index is 845. The van der Waals surface area contributed by atoms with Crippen LogP contribution >= 0.6 is 0 Å². The molecule has 2 N–H and O–H groups in total. The van der Waals surface area contributed by atoms with Gasteiger partial charge in [-0.2, -0.15) is 0 Å². The zero-order valence-corrected chi connectivity index (χ0v) is 23.5. The number of hydrogen-bond donors (Lipinski definition) is 1. The van der Waals surface area contributed by atoms with Gasteiger partial charge in [0.05, 0.1) is 0 Å². The Morgan fingerprint density at radius 2 is 1.35 bits per heavy atom. The minimum absolute atomic E-state index is 0.169. The molecule has 2 aromatic carbocycles. The minimum atomic E-state index is -0.792. The van der Waals surface area contributed by atoms with Gasteiger partial charge >= 0.3 is 0 Å². The number of unbranched alkanes of at least 4 members (excludes halogenated alkanes) is 9. The van der Waals surface area contributed by atoms with Crippen LogP contribution in [0.2, 0.25) is 0 Å². The van der Waals surface area contributed by atoms with E-state index in [-0.39, 0.29) is 11.8 Å². The average molecular weight is 506 g/mol. The number of nitrogens with two attached hydrogens (primary N) is 1. The smallest absolute Gasteiger partial charge is 0.232 e. The fourth-order valence-electron chi connectivity index (χ4n) is 6.21. The first-order valence-corrected chi connectivity index (χ1v) is 14.9. The number of nitrogens with zero attached hydrogens (tertiary/aromatic N) is 2. The number of rotatable bonds is 18. The number of amides is 1. The maximum Gasteiger partial charge on any atom is 0.232 e. The van der Waals surface area contributed by atoms with Gasteiger partial charge in [0, 0.05) is 19.6 Å². The molecule has 0 saturated carbocycles. The van der Waals surface area contributed by atoms with E-state index in [1.807, 2.05) is 36.4 Å². The molecule has 0 spiro atoms. The van der Waals surface area contributed by atoms with Crippen LogP contribution in [0.15, 0.2) is 60.7 Å². The zero-order chi connectivity index (χ0) is 26.3. The molecule has 4 heteroatoms. The van der Waals surface area contributed by atoms with Gasteiger partial charge in [-0.3, -0.25) is 4.79 Å². The zero-order valence-electron chi connectivity index (χ0n) is 23.5. The fraction of sp³-hybridized carbons (Fsp3) is 0.606.